The van der Waals surface area contributed by atoms with Crippen molar-refractivity contribution in [3.05, 3.63) is 81.7 Å². The molecule has 140 valence electrons. The van der Waals surface area contributed by atoms with E-state index in [0.29, 0.717) is 16.4 Å². The molecule has 1 heterocycles. The van der Waals surface area contributed by atoms with Gasteiger partial charge in [0.25, 0.3) is 0 Å². The third-order valence-corrected chi connectivity index (χ3v) is 5.57. The van der Waals surface area contributed by atoms with Gasteiger partial charge >= 0.3 is 5.97 Å². The SMILES string of the molecule is O=C(O)c1ccc(-c2ccc(CCNC[C@H](O)c3cccc(Cl)c3)cc2)s1. The zero-order valence-electron chi connectivity index (χ0n) is 14.6. The number of carboxylic acids is 1. The Kier molecular flexibility index (Phi) is 6.63. The molecule has 1 aromatic heterocycles. The van der Waals surface area contributed by atoms with Gasteiger partial charge in [-0.05, 0) is 53.9 Å². The summed E-state index contributed by atoms with van der Waals surface area (Å²) in [5, 5.41) is 23.1. The van der Waals surface area contributed by atoms with Gasteiger partial charge in [0.1, 0.15) is 4.88 Å². The summed E-state index contributed by atoms with van der Waals surface area (Å²) in [7, 11) is 0. The minimum atomic E-state index is -0.895. The Morgan fingerprint density at radius 1 is 1.11 bits per heavy atom. The molecule has 0 spiro atoms. The summed E-state index contributed by atoms with van der Waals surface area (Å²) in [6.45, 7) is 1.21. The van der Waals surface area contributed by atoms with Crippen molar-refractivity contribution in [2.75, 3.05) is 13.1 Å². The molecule has 0 aliphatic rings. The second kappa shape index (κ2) is 9.15. The Balaban J connectivity index is 1.48. The smallest absolute Gasteiger partial charge is 0.345 e. The van der Waals surface area contributed by atoms with Crippen LogP contribution in [-0.4, -0.2) is 29.3 Å². The van der Waals surface area contributed by atoms with E-state index < -0.39 is 12.1 Å². The van der Waals surface area contributed by atoms with Crippen molar-refractivity contribution in [3.63, 3.8) is 0 Å². The molecule has 0 aliphatic carbocycles. The van der Waals surface area contributed by atoms with Gasteiger partial charge in [0.15, 0.2) is 0 Å². The molecular weight excluding hydrogens is 382 g/mol. The molecule has 0 unspecified atom stereocenters. The Morgan fingerprint density at radius 2 is 1.89 bits per heavy atom. The third-order valence-electron chi connectivity index (χ3n) is 4.22. The fraction of sp³-hybridized carbons (Fsp3) is 0.190. The van der Waals surface area contributed by atoms with Crippen LogP contribution in [0.25, 0.3) is 10.4 Å². The molecule has 4 nitrogen and oxygen atoms in total. The molecule has 0 saturated heterocycles. The van der Waals surface area contributed by atoms with Crippen LogP contribution in [-0.2, 0) is 6.42 Å². The highest BCUT2D eigenvalue weighted by Crippen LogP contribution is 2.28. The molecule has 27 heavy (non-hydrogen) atoms. The number of halogens is 1. The van der Waals surface area contributed by atoms with Gasteiger partial charge in [-0.1, -0.05) is 48.0 Å². The Bertz CT molecular complexity index is 908. The number of aliphatic hydroxyl groups is 1. The first kappa shape index (κ1) is 19.6. The maximum absolute atomic E-state index is 11.0. The minimum Gasteiger partial charge on any atom is -0.477 e. The van der Waals surface area contributed by atoms with Gasteiger partial charge in [-0.3, -0.25) is 0 Å². The number of aliphatic hydroxyl groups excluding tert-OH is 1. The lowest BCUT2D eigenvalue weighted by molar-refractivity contribution is 0.0702. The lowest BCUT2D eigenvalue weighted by atomic mass is 10.1. The van der Waals surface area contributed by atoms with Crippen molar-refractivity contribution in [2.45, 2.75) is 12.5 Å². The Labute approximate surface area is 167 Å². The lowest BCUT2D eigenvalue weighted by Crippen LogP contribution is -2.23. The van der Waals surface area contributed by atoms with Gasteiger partial charge in [-0.25, -0.2) is 4.79 Å². The van der Waals surface area contributed by atoms with Gasteiger partial charge in [0.2, 0.25) is 0 Å². The normalized spacial score (nSPS) is 12.1. The van der Waals surface area contributed by atoms with Gasteiger partial charge in [-0.2, -0.15) is 0 Å². The average Bonchev–Trinajstić information content (AvgIpc) is 3.16. The summed E-state index contributed by atoms with van der Waals surface area (Å²) >= 11 is 7.22. The number of benzene rings is 2. The predicted molar refractivity (Wildman–Crippen MR) is 110 cm³/mol. The van der Waals surface area contributed by atoms with Crippen LogP contribution in [0.15, 0.2) is 60.7 Å². The number of rotatable bonds is 8. The molecule has 0 bridgehead atoms. The first-order valence-electron chi connectivity index (χ1n) is 8.59. The minimum absolute atomic E-state index is 0.344. The highest BCUT2D eigenvalue weighted by Gasteiger charge is 2.09. The summed E-state index contributed by atoms with van der Waals surface area (Å²) in [6.07, 6.45) is 0.251. The molecule has 3 N–H and O–H groups in total. The van der Waals surface area contributed by atoms with E-state index in [0.717, 1.165) is 29.0 Å². The fourth-order valence-corrected chi connectivity index (χ4v) is 3.80. The van der Waals surface area contributed by atoms with Crippen LogP contribution in [0.3, 0.4) is 0 Å². The van der Waals surface area contributed by atoms with Crippen LogP contribution in [0, 0.1) is 0 Å². The number of hydrogen-bond acceptors (Lipinski definition) is 4. The number of hydrogen-bond donors (Lipinski definition) is 3. The summed E-state index contributed by atoms with van der Waals surface area (Å²) in [6, 6.07) is 18.8. The van der Waals surface area contributed by atoms with E-state index in [4.69, 9.17) is 16.7 Å². The largest absolute Gasteiger partial charge is 0.477 e. The highest BCUT2D eigenvalue weighted by atomic mass is 35.5. The number of carbonyl (C=O) groups is 1. The van der Waals surface area contributed by atoms with Crippen molar-refractivity contribution >= 4 is 28.9 Å². The standard InChI is InChI=1S/C21H20ClNO3S/c22-17-3-1-2-16(12-17)18(24)13-23-11-10-14-4-6-15(7-5-14)19-8-9-20(27-19)21(25)26/h1-9,12,18,23-24H,10-11,13H2,(H,25,26)/t18-/m0/s1. The van der Waals surface area contributed by atoms with Crippen molar-refractivity contribution in [2.24, 2.45) is 0 Å². The molecule has 2 aromatic carbocycles. The van der Waals surface area contributed by atoms with Crippen LogP contribution in [0.5, 0.6) is 0 Å². The zero-order valence-corrected chi connectivity index (χ0v) is 16.1. The average molecular weight is 402 g/mol. The molecule has 0 amide bonds. The van der Waals surface area contributed by atoms with E-state index in [9.17, 15) is 9.90 Å². The fourth-order valence-electron chi connectivity index (χ4n) is 2.75. The molecule has 0 saturated carbocycles. The molecular formula is C21H20ClNO3S. The number of carboxylic acid groups (broad SMARTS) is 1. The highest BCUT2D eigenvalue weighted by molar-refractivity contribution is 7.17. The Morgan fingerprint density at radius 3 is 2.56 bits per heavy atom. The summed E-state index contributed by atoms with van der Waals surface area (Å²) < 4.78 is 0. The van der Waals surface area contributed by atoms with Gasteiger partial charge in [-0.15, -0.1) is 11.3 Å². The number of nitrogens with one attached hydrogen (secondary N) is 1. The maximum Gasteiger partial charge on any atom is 0.345 e. The van der Waals surface area contributed by atoms with Crippen LogP contribution >= 0.6 is 22.9 Å². The zero-order chi connectivity index (χ0) is 19.2. The van der Waals surface area contributed by atoms with Crippen LogP contribution < -0.4 is 5.32 Å². The van der Waals surface area contributed by atoms with Crippen LogP contribution in [0.1, 0.15) is 26.9 Å². The van der Waals surface area contributed by atoms with Gasteiger partial charge in [0, 0.05) is 16.4 Å². The monoisotopic (exact) mass is 401 g/mol. The molecule has 3 rings (SSSR count). The molecule has 0 aliphatic heterocycles. The lowest BCUT2D eigenvalue weighted by Gasteiger charge is -2.12. The Hall–Kier alpha value is -2.18. The first-order chi connectivity index (χ1) is 13.0. The van der Waals surface area contributed by atoms with Crippen molar-refractivity contribution in [1.82, 2.24) is 5.32 Å². The van der Waals surface area contributed by atoms with Crippen molar-refractivity contribution in [1.29, 1.82) is 0 Å². The predicted octanol–water partition coefficient (Wildman–Crippen LogP) is 4.63. The van der Waals surface area contributed by atoms with Crippen molar-refractivity contribution in [3.8, 4) is 10.4 Å². The molecule has 1 atom stereocenters. The summed E-state index contributed by atoms with van der Waals surface area (Å²) in [5.74, 6) is -0.895. The second-order valence-electron chi connectivity index (χ2n) is 6.19. The molecule has 6 heteroatoms. The molecule has 0 fully saturated rings. The molecule has 3 aromatic rings. The van der Waals surface area contributed by atoms with Crippen molar-refractivity contribution < 1.29 is 15.0 Å². The van der Waals surface area contributed by atoms with E-state index in [1.165, 1.54) is 16.9 Å². The first-order valence-corrected chi connectivity index (χ1v) is 9.79. The van der Waals surface area contributed by atoms with E-state index in [1.807, 2.05) is 42.5 Å². The van der Waals surface area contributed by atoms with Crippen LogP contribution in [0.4, 0.5) is 0 Å². The number of thiophene rings is 1. The van der Waals surface area contributed by atoms with Gasteiger partial charge in [0.05, 0.1) is 6.10 Å². The number of aromatic carboxylic acids is 1. The van der Waals surface area contributed by atoms with Gasteiger partial charge < -0.3 is 15.5 Å². The maximum atomic E-state index is 11.0. The van der Waals surface area contributed by atoms with E-state index >= 15 is 0 Å². The summed E-state index contributed by atoms with van der Waals surface area (Å²) in [4.78, 5) is 12.3. The topological polar surface area (TPSA) is 69.6 Å². The van der Waals surface area contributed by atoms with Crippen LogP contribution in [0.2, 0.25) is 5.02 Å². The van der Waals surface area contributed by atoms with E-state index in [2.05, 4.69) is 5.32 Å². The quantitative estimate of drug-likeness (QED) is 0.481. The third kappa shape index (κ3) is 5.40. The van der Waals surface area contributed by atoms with E-state index in [1.54, 1.807) is 18.2 Å². The molecule has 0 radical (unpaired) electrons. The second-order valence-corrected chi connectivity index (χ2v) is 7.71. The van der Waals surface area contributed by atoms with E-state index in [-0.39, 0.29) is 0 Å². The summed E-state index contributed by atoms with van der Waals surface area (Å²) in [5.41, 5.74) is 3.00.